The molecule has 0 amide bonds. The molecule has 0 aromatic rings. The monoisotopic (exact) mass is 418 g/mol. The second kappa shape index (κ2) is 7.28. The van der Waals surface area contributed by atoms with Crippen molar-refractivity contribution in [1.29, 1.82) is 0 Å². The van der Waals surface area contributed by atoms with E-state index < -0.39 is 66.3 Å². The highest BCUT2D eigenvalue weighted by atomic mass is 19.4. The van der Waals surface area contributed by atoms with Gasteiger partial charge in [-0.15, -0.1) is 0 Å². The van der Waals surface area contributed by atoms with Gasteiger partial charge >= 0.3 is 30.3 Å². The number of hydrogen-bond donors (Lipinski definition) is 0. The molecule has 1 saturated heterocycles. The molecule has 0 aromatic carbocycles. The molecule has 1 aliphatic carbocycles. The molecular formula is C16H16F6O6. The molecule has 5 atom stereocenters. The summed E-state index contributed by atoms with van der Waals surface area (Å²) in [6, 6.07) is 0. The predicted octanol–water partition coefficient (Wildman–Crippen LogP) is 2.71. The minimum atomic E-state index is -5.93. The van der Waals surface area contributed by atoms with Gasteiger partial charge in [-0.2, -0.15) is 26.3 Å². The lowest BCUT2D eigenvalue weighted by Gasteiger charge is -2.34. The second-order valence-corrected chi connectivity index (χ2v) is 6.81. The zero-order valence-corrected chi connectivity index (χ0v) is 14.6. The number of rotatable bonds is 4. The normalized spacial score (nSPS) is 30.0. The van der Waals surface area contributed by atoms with Gasteiger partial charge in [0.1, 0.15) is 12.2 Å². The molecule has 0 aromatic heterocycles. The lowest BCUT2D eigenvalue weighted by Crippen LogP contribution is -2.52. The third-order valence-corrected chi connectivity index (χ3v) is 4.56. The number of esters is 3. The zero-order chi connectivity index (χ0) is 21.6. The van der Waals surface area contributed by atoms with Gasteiger partial charge in [-0.1, -0.05) is 13.5 Å². The van der Waals surface area contributed by atoms with E-state index in [0.717, 1.165) is 0 Å². The first-order valence-electron chi connectivity index (χ1n) is 8.05. The van der Waals surface area contributed by atoms with E-state index in [-0.39, 0.29) is 12.0 Å². The maximum atomic E-state index is 12.6. The largest absolute Gasteiger partial charge is 0.457 e. The molecule has 2 bridgehead atoms. The highest BCUT2D eigenvalue weighted by Crippen LogP contribution is 2.46. The van der Waals surface area contributed by atoms with Gasteiger partial charge in [-0.05, 0) is 19.3 Å². The van der Waals surface area contributed by atoms with Crippen molar-refractivity contribution >= 4 is 17.9 Å². The molecule has 28 heavy (non-hydrogen) atoms. The first kappa shape index (κ1) is 22.0. The average Bonchev–Trinajstić information content (AvgIpc) is 2.71. The van der Waals surface area contributed by atoms with Crippen molar-refractivity contribution in [2.75, 3.05) is 0 Å². The van der Waals surface area contributed by atoms with Gasteiger partial charge in [0.15, 0.2) is 5.92 Å². The fourth-order valence-electron chi connectivity index (χ4n) is 3.31. The van der Waals surface area contributed by atoms with Crippen molar-refractivity contribution in [3.05, 3.63) is 12.2 Å². The van der Waals surface area contributed by atoms with E-state index in [1.54, 1.807) is 6.92 Å². The van der Waals surface area contributed by atoms with Crippen molar-refractivity contribution < 1.29 is 54.9 Å². The third-order valence-electron chi connectivity index (χ3n) is 4.56. The lowest BCUT2D eigenvalue weighted by molar-refractivity contribution is -0.315. The summed E-state index contributed by atoms with van der Waals surface area (Å²) in [5.74, 6) is -7.98. The van der Waals surface area contributed by atoms with E-state index >= 15 is 0 Å². The Morgan fingerprint density at radius 3 is 2.18 bits per heavy atom. The van der Waals surface area contributed by atoms with Crippen LogP contribution in [0, 0.1) is 17.8 Å². The molecule has 0 N–H and O–H groups in total. The maximum absolute atomic E-state index is 12.6. The van der Waals surface area contributed by atoms with Crippen LogP contribution in [0.5, 0.6) is 0 Å². The molecule has 2 rings (SSSR count). The first-order valence-corrected chi connectivity index (χ1v) is 8.05. The van der Waals surface area contributed by atoms with Gasteiger partial charge in [0.2, 0.25) is 0 Å². The Bertz CT molecular complexity index is 670. The average molecular weight is 418 g/mol. The van der Waals surface area contributed by atoms with Crippen LogP contribution in [0.4, 0.5) is 26.3 Å². The number of carbonyl (C=O) groups is 3. The first-order chi connectivity index (χ1) is 12.6. The van der Waals surface area contributed by atoms with Gasteiger partial charge in [-0.25, -0.2) is 4.79 Å². The van der Waals surface area contributed by atoms with E-state index in [0.29, 0.717) is 0 Å². The van der Waals surface area contributed by atoms with Crippen molar-refractivity contribution in [2.45, 2.75) is 50.9 Å². The summed E-state index contributed by atoms with van der Waals surface area (Å²) in [6.45, 7) is 6.23. The number of ether oxygens (including phenoxy) is 3. The summed E-state index contributed by atoms with van der Waals surface area (Å²) in [5.41, 5.74) is -0.0303. The Balaban J connectivity index is 2.28. The third kappa shape index (κ3) is 4.25. The number of halogens is 6. The predicted molar refractivity (Wildman–Crippen MR) is 77.3 cm³/mol. The molecule has 1 aliphatic heterocycles. The van der Waals surface area contributed by atoms with Crippen LogP contribution in [0.2, 0.25) is 0 Å². The van der Waals surface area contributed by atoms with Crippen LogP contribution < -0.4 is 0 Å². The van der Waals surface area contributed by atoms with Crippen LogP contribution in [0.15, 0.2) is 12.2 Å². The molecule has 5 unspecified atom stereocenters. The van der Waals surface area contributed by atoms with E-state index in [4.69, 9.17) is 9.47 Å². The van der Waals surface area contributed by atoms with Crippen LogP contribution in [0.1, 0.15) is 20.3 Å². The van der Waals surface area contributed by atoms with Crippen LogP contribution in [0.3, 0.4) is 0 Å². The van der Waals surface area contributed by atoms with Crippen LogP contribution in [-0.4, -0.2) is 48.6 Å². The minimum Gasteiger partial charge on any atom is -0.457 e. The Kier molecular flexibility index (Phi) is 5.73. The highest BCUT2D eigenvalue weighted by molar-refractivity contribution is 5.96. The number of hydrogen-bond acceptors (Lipinski definition) is 6. The smallest absolute Gasteiger partial charge is 0.434 e. The fraction of sp³-hybridized carbons (Fsp3) is 0.688. The molecule has 0 radical (unpaired) electrons. The van der Waals surface area contributed by atoms with Gasteiger partial charge in [-0.3, -0.25) is 9.59 Å². The number of carbonyl (C=O) groups excluding carboxylic acids is 3. The summed E-state index contributed by atoms with van der Waals surface area (Å²) >= 11 is 0. The summed E-state index contributed by atoms with van der Waals surface area (Å²) in [6.07, 6.45) is -18.5. The molecule has 158 valence electrons. The van der Waals surface area contributed by atoms with E-state index in [2.05, 4.69) is 11.3 Å². The Hall–Kier alpha value is -2.27. The standard InChI is InChI=1S/C16H16F6O6/c1-5(2)11(23)27-10-7-4-6(3)9(10)26-12(24)8(7)13(25)28-14(15(17,18)19)16(20,21)22/h6-10,14H,1,4H2,2-3H3. The topological polar surface area (TPSA) is 78.9 Å². The van der Waals surface area contributed by atoms with Crippen molar-refractivity contribution in [2.24, 2.45) is 17.8 Å². The van der Waals surface area contributed by atoms with Crippen LogP contribution >= 0.6 is 0 Å². The molecule has 2 aliphatic rings. The summed E-state index contributed by atoms with van der Waals surface area (Å²) in [7, 11) is 0. The van der Waals surface area contributed by atoms with Gasteiger partial charge in [0, 0.05) is 11.5 Å². The molecule has 12 heteroatoms. The number of alkyl halides is 6. The fourth-order valence-corrected chi connectivity index (χ4v) is 3.31. The maximum Gasteiger partial charge on any atom is 0.434 e. The molecule has 1 saturated carbocycles. The second-order valence-electron chi connectivity index (χ2n) is 6.81. The quantitative estimate of drug-likeness (QED) is 0.230. The van der Waals surface area contributed by atoms with Gasteiger partial charge in [0.25, 0.3) is 6.10 Å². The van der Waals surface area contributed by atoms with Crippen LogP contribution in [-0.2, 0) is 28.6 Å². The van der Waals surface area contributed by atoms with Crippen LogP contribution in [0.25, 0.3) is 0 Å². The minimum absolute atomic E-state index is 0.00693. The molecule has 1 heterocycles. The Labute approximate surface area is 154 Å². The zero-order valence-electron chi connectivity index (χ0n) is 14.6. The van der Waals surface area contributed by atoms with Crippen molar-refractivity contribution in [3.63, 3.8) is 0 Å². The van der Waals surface area contributed by atoms with Crippen molar-refractivity contribution in [3.8, 4) is 0 Å². The summed E-state index contributed by atoms with van der Waals surface area (Å²) in [4.78, 5) is 35.9. The van der Waals surface area contributed by atoms with Crippen molar-refractivity contribution in [1.82, 2.24) is 0 Å². The Morgan fingerprint density at radius 1 is 1.18 bits per heavy atom. The highest BCUT2D eigenvalue weighted by Gasteiger charge is 2.63. The molecular weight excluding hydrogens is 402 g/mol. The summed E-state index contributed by atoms with van der Waals surface area (Å²) < 4.78 is 89.5. The molecule has 0 spiro atoms. The van der Waals surface area contributed by atoms with E-state index in [1.807, 2.05) is 0 Å². The number of fused-ring (bicyclic) bond motifs is 2. The Morgan fingerprint density at radius 2 is 1.71 bits per heavy atom. The van der Waals surface area contributed by atoms with Gasteiger partial charge in [0.05, 0.1) is 0 Å². The lowest BCUT2D eigenvalue weighted by atomic mass is 9.87. The molecule has 2 fully saturated rings. The summed E-state index contributed by atoms with van der Waals surface area (Å²) in [5, 5.41) is 0. The van der Waals surface area contributed by atoms with Gasteiger partial charge < -0.3 is 14.2 Å². The van der Waals surface area contributed by atoms with E-state index in [9.17, 15) is 40.7 Å². The van der Waals surface area contributed by atoms with E-state index in [1.165, 1.54) is 6.92 Å². The SMILES string of the molecule is C=C(C)C(=O)OC1C2CC(C)C1OC(=O)C2C(=O)OC(C(F)(F)F)C(F)(F)F. The molecule has 6 nitrogen and oxygen atoms in total.